The fourth-order valence-electron chi connectivity index (χ4n) is 3.82. The van der Waals surface area contributed by atoms with Crippen LogP contribution in [0.3, 0.4) is 0 Å². The van der Waals surface area contributed by atoms with Crippen molar-refractivity contribution in [3.8, 4) is 0 Å². The van der Waals surface area contributed by atoms with Crippen LogP contribution in [0.4, 0.5) is 0 Å². The minimum atomic E-state index is -0.440. The third kappa shape index (κ3) is 8.46. The monoisotopic (exact) mass is 509 g/mol. The lowest BCUT2D eigenvalue weighted by Gasteiger charge is -2.26. The van der Waals surface area contributed by atoms with Gasteiger partial charge in [0.05, 0.1) is 17.0 Å². The summed E-state index contributed by atoms with van der Waals surface area (Å²) in [5.41, 5.74) is 1.70. The van der Waals surface area contributed by atoms with E-state index in [9.17, 15) is 14.4 Å². The number of nitrogens with one attached hydrogen (secondary N) is 1. The summed E-state index contributed by atoms with van der Waals surface area (Å²) in [4.78, 5) is 44.0. The van der Waals surface area contributed by atoms with Crippen LogP contribution in [0.1, 0.15) is 54.9 Å². The van der Waals surface area contributed by atoms with E-state index in [0.717, 1.165) is 34.1 Å². The zero-order chi connectivity index (χ0) is 26.1. The number of thiophene rings is 1. The first-order valence-electron chi connectivity index (χ1n) is 12.2. The third-order valence-corrected chi connectivity index (χ3v) is 6.64. The summed E-state index contributed by atoms with van der Waals surface area (Å²) in [5, 5.41) is 5.30. The van der Waals surface area contributed by atoms with Crippen molar-refractivity contribution in [2.24, 2.45) is 0 Å². The van der Waals surface area contributed by atoms with Gasteiger partial charge in [-0.2, -0.15) is 0 Å². The van der Waals surface area contributed by atoms with Gasteiger partial charge < -0.3 is 10.2 Å². The van der Waals surface area contributed by atoms with E-state index in [2.05, 4.69) is 5.32 Å². The molecule has 0 bridgehead atoms. The summed E-state index contributed by atoms with van der Waals surface area (Å²) >= 11 is 1.47. The molecular formula is C28H35N3O4S. The van der Waals surface area contributed by atoms with Crippen LogP contribution in [0.5, 0.6) is 0 Å². The maximum Gasteiger partial charge on any atom is 0.261 e. The molecule has 0 aliphatic heterocycles. The average molecular weight is 510 g/mol. The maximum absolute atomic E-state index is 12.5. The molecule has 1 N–H and O–H groups in total. The van der Waals surface area contributed by atoms with E-state index < -0.39 is 5.60 Å². The molecule has 1 aromatic heterocycles. The molecule has 8 heteroatoms. The Bertz CT molecular complexity index is 1130. The number of rotatable bonds is 12. The Hall–Kier alpha value is -3.23. The van der Waals surface area contributed by atoms with E-state index in [-0.39, 0.29) is 11.8 Å². The van der Waals surface area contributed by atoms with Crippen molar-refractivity contribution in [1.29, 1.82) is 0 Å². The summed E-state index contributed by atoms with van der Waals surface area (Å²) in [6.45, 7) is 9.13. The molecule has 3 rings (SSSR count). The third-order valence-electron chi connectivity index (χ3n) is 5.53. The molecule has 0 atom stereocenters. The second-order valence-corrected chi connectivity index (χ2v) is 10.8. The Labute approximate surface area is 217 Å². The van der Waals surface area contributed by atoms with Crippen molar-refractivity contribution < 1.29 is 19.2 Å². The van der Waals surface area contributed by atoms with Gasteiger partial charge in [0.2, 0.25) is 12.3 Å². The largest absolute Gasteiger partial charge is 0.350 e. The standard InChI is InChI=1S/C28H35N3O4S/c1-21(33)30(17-15-29-27(34)26-18-24-9-5-6-10-25(24)36-26)16-7-8-22-11-13-23(14-12-22)19-31(20-32)35-28(2,3)4/h5-6,9-14,18,20H,7-8,15-17,19H2,1-4H3,(H,29,34). The summed E-state index contributed by atoms with van der Waals surface area (Å²) in [6.07, 6.45) is 2.34. The van der Waals surface area contributed by atoms with E-state index in [1.807, 2.05) is 75.4 Å². The lowest BCUT2D eigenvalue weighted by molar-refractivity contribution is -0.220. The highest BCUT2D eigenvalue weighted by molar-refractivity contribution is 7.20. The Morgan fingerprint density at radius 3 is 2.36 bits per heavy atom. The summed E-state index contributed by atoms with van der Waals surface area (Å²) < 4.78 is 1.08. The van der Waals surface area contributed by atoms with E-state index in [1.54, 1.807) is 11.8 Å². The van der Waals surface area contributed by atoms with Gasteiger partial charge in [0.25, 0.3) is 5.91 Å². The smallest absolute Gasteiger partial charge is 0.261 e. The fraction of sp³-hybridized carbons (Fsp3) is 0.393. The van der Waals surface area contributed by atoms with Crippen molar-refractivity contribution in [1.82, 2.24) is 15.3 Å². The Morgan fingerprint density at radius 1 is 1.03 bits per heavy atom. The Balaban J connectivity index is 1.42. The van der Waals surface area contributed by atoms with E-state index in [0.29, 0.717) is 37.5 Å². The van der Waals surface area contributed by atoms with E-state index in [4.69, 9.17) is 4.84 Å². The molecule has 192 valence electrons. The topological polar surface area (TPSA) is 79.0 Å². The van der Waals surface area contributed by atoms with Crippen LogP contribution in [0.15, 0.2) is 54.6 Å². The van der Waals surface area contributed by atoms with Crippen LogP contribution in [-0.4, -0.2) is 53.4 Å². The van der Waals surface area contributed by atoms with Gasteiger partial charge in [-0.25, -0.2) is 5.06 Å². The SMILES string of the molecule is CC(=O)N(CCCc1ccc(CN(C=O)OC(C)(C)C)cc1)CCNC(=O)c1cc2ccccc2s1. The molecule has 3 amide bonds. The van der Waals surface area contributed by atoms with Crippen LogP contribution in [0.2, 0.25) is 0 Å². The van der Waals surface area contributed by atoms with Gasteiger partial charge in [-0.1, -0.05) is 42.5 Å². The number of benzene rings is 2. The predicted octanol–water partition coefficient (Wildman–Crippen LogP) is 4.80. The molecule has 0 aliphatic carbocycles. The molecule has 36 heavy (non-hydrogen) atoms. The summed E-state index contributed by atoms with van der Waals surface area (Å²) in [6, 6.07) is 17.9. The van der Waals surface area contributed by atoms with Crippen molar-refractivity contribution in [2.75, 3.05) is 19.6 Å². The molecule has 0 spiro atoms. The lowest BCUT2D eigenvalue weighted by atomic mass is 10.1. The van der Waals surface area contributed by atoms with Crippen LogP contribution in [0, 0.1) is 0 Å². The number of carbonyl (C=O) groups excluding carboxylic acids is 3. The minimum absolute atomic E-state index is 0.00531. The first kappa shape index (κ1) is 27.4. The Morgan fingerprint density at radius 2 is 1.72 bits per heavy atom. The van der Waals surface area contributed by atoms with Gasteiger partial charge in [-0.3, -0.25) is 19.2 Å². The zero-order valence-corrected chi connectivity index (χ0v) is 22.3. The number of hydroxylamine groups is 2. The predicted molar refractivity (Wildman–Crippen MR) is 144 cm³/mol. The first-order chi connectivity index (χ1) is 17.1. The van der Waals surface area contributed by atoms with Crippen LogP contribution in [-0.2, 0) is 27.4 Å². The molecule has 2 aromatic carbocycles. The number of carbonyl (C=O) groups is 3. The van der Waals surface area contributed by atoms with Gasteiger partial charge in [-0.05, 0) is 62.3 Å². The normalized spacial score (nSPS) is 11.3. The molecule has 0 fully saturated rings. The number of fused-ring (bicyclic) bond motifs is 1. The minimum Gasteiger partial charge on any atom is -0.350 e. The highest BCUT2D eigenvalue weighted by Gasteiger charge is 2.16. The Kier molecular flexibility index (Phi) is 9.61. The van der Waals surface area contributed by atoms with Crippen molar-refractivity contribution >= 4 is 39.6 Å². The van der Waals surface area contributed by atoms with Gasteiger partial charge in [-0.15, -0.1) is 11.3 Å². The van der Waals surface area contributed by atoms with E-state index in [1.165, 1.54) is 16.4 Å². The number of aryl methyl sites for hydroxylation is 1. The highest BCUT2D eigenvalue weighted by Crippen LogP contribution is 2.25. The van der Waals surface area contributed by atoms with Crippen molar-refractivity contribution in [3.63, 3.8) is 0 Å². The molecule has 3 aromatic rings. The van der Waals surface area contributed by atoms with Crippen molar-refractivity contribution in [2.45, 2.75) is 52.7 Å². The maximum atomic E-state index is 12.5. The van der Waals surface area contributed by atoms with Gasteiger partial charge in [0, 0.05) is 31.3 Å². The molecule has 0 aliphatic rings. The molecular weight excluding hydrogens is 474 g/mol. The van der Waals surface area contributed by atoms with Crippen LogP contribution >= 0.6 is 11.3 Å². The van der Waals surface area contributed by atoms with Crippen molar-refractivity contribution in [3.05, 3.63) is 70.6 Å². The van der Waals surface area contributed by atoms with Gasteiger partial charge >= 0.3 is 0 Å². The summed E-state index contributed by atoms with van der Waals surface area (Å²) in [7, 11) is 0. The molecule has 0 unspecified atom stereocenters. The van der Waals surface area contributed by atoms with E-state index >= 15 is 0 Å². The second kappa shape index (κ2) is 12.6. The second-order valence-electron chi connectivity index (χ2n) is 9.71. The molecule has 0 radical (unpaired) electrons. The first-order valence-corrected chi connectivity index (χ1v) is 13.0. The fourth-order valence-corrected chi connectivity index (χ4v) is 4.80. The number of nitrogens with zero attached hydrogens (tertiary/aromatic N) is 2. The number of hydrogen-bond acceptors (Lipinski definition) is 5. The molecule has 0 saturated carbocycles. The lowest BCUT2D eigenvalue weighted by Crippen LogP contribution is -2.38. The number of amides is 3. The molecule has 7 nitrogen and oxygen atoms in total. The zero-order valence-electron chi connectivity index (χ0n) is 21.5. The van der Waals surface area contributed by atoms with Crippen LogP contribution in [0.25, 0.3) is 10.1 Å². The summed E-state index contributed by atoms with van der Waals surface area (Å²) in [5.74, 6) is -0.116. The quantitative estimate of drug-likeness (QED) is 0.281. The average Bonchev–Trinajstić information content (AvgIpc) is 3.27. The highest BCUT2D eigenvalue weighted by atomic mass is 32.1. The molecule has 1 heterocycles. The number of hydrogen-bond donors (Lipinski definition) is 1. The van der Waals surface area contributed by atoms with Gasteiger partial charge in [0.15, 0.2) is 0 Å². The van der Waals surface area contributed by atoms with Gasteiger partial charge in [0.1, 0.15) is 0 Å². The van der Waals surface area contributed by atoms with Crippen LogP contribution < -0.4 is 5.32 Å². The molecule has 0 saturated heterocycles.